The molecule has 0 aliphatic heterocycles. The van der Waals surface area contributed by atoms with Gasteiger partial charge in [-0.1, -0.05) is 13.8 Å². The van der Waals surface area contributed by atoms with Crippen LogP contribution in [0.1, 0.15) is 41.1 Å². The molecule has 3 N–H and O–H groups in total. The van der Waals surface area contributed by atoms with Gasteiger partial charge < -0.3 is 15.2 Å². The molecule has 0 saturated carbocycles. The molecule has 1 amide bonds. The Bertz CT molecular complexity index is 941. The Morgan fingerprint density at radius 3 is 2.32 bits per heavy atom. The second kappa shape index (κ2) is 10.4. The van der Waals surface area contributed by atoms with Crippen molar-refractivity contribution in [3.05, 3.63) is 46.3 Å². The quantitative estimate of drug-likeness (QED) is 0.468. The number of aliphatic carboxylic acids is 1. The third-order valence-electron chi connectivity index (χ3n) is 4.19. The molecule has 2 rings (SSSR count). The van der Waals surface area contributed by atoms with Crippen molar-refractivity contribution in [3.63, 3.8) is 0 Å². The van der Waals surface area contributed by atoms with Crippen molar-refractivity contribution in [2.45, 2.75) is 39.1 Å². The number of anilines is 1. The summed E-state index contributed by atoms with van der Waals surface area (Å²) in [6.07, 6.45) is -3.94. The number of alkyl halides is 3. The third-order valence-corrected chi connectivity index (χ3v) is 5.39. The van der Waals surface area contributed by atoms with Gasteiger partial charge in [0.25, 0.3) is 0 Å². The molecular formula is C20H21F3N2O5S. The van der Waals surface area contributed by atoms with Gasteiger partial charge in [-0.15, -0.1) is 24.5 Å². The van der Waals surface area contributed by atoms with Crippen LogP contribution < -0.4 is 15.4 Å². The van der Waals surface area contributed by atoms with Gasteiger partial charge in [0.15, 0.2) is 5.78 Å². The summed E-state index contributed by atoms with van der Waals surface area (Å²) < 4.78 is 40.7. The molecule has 168 valence electrons. The van der Waals surface area contributed by atoms with Crippen LogP contribution >= 0.6 is 11.3 Å². The number of hydrogen-bond acceptors (Lipinski definition) is 6. The number of thiophene rings is 1. The summed E-state index contributed by atoms with van der Waals surface area (Å²) in [5.74, 6) is -2.53. The van der Waals surface area contributed by atoms with Crippen molar-refractivity contribution >= 4 is 34.0 Å². The van der Waals surface area contributed by atoms with Gasteiger partial charge in [0.05, 0.1) is 12.1 Å². The van der Waals surface area contributed by atoms with E-state index in [1.807, 2.05) is 6.92 Å². The lowest BCUT2D eigenvalue weighted by Crippen LogP contribution is -2.40. The molecule has 0 spiro atoms. The molecule has 31 heavy (non-hydrogen) atoms. The van der Waals surface area contributed by atoms with Crippen LogP contribution in [0.4, 0.5) is 18.2 Å². The van der Waals surface area contributed by atoms with E-state index in [0.717, 1.165) is 17.0 Å². The van der Waals surface area contributed by atoms with Crippen LogP contribution in [0.2, 0.25) is 0 Å². The van der Waals surface area contributed by atoms with Gasteiger partial charge in [0.1, 0.15) is 16.8 Å². The first kappa shape index (κ1) is 24.4. The van der Waals surface area contributed by atoms with E-state index >= 15 is 0 Å². The number of aryl methyl sites for hydroxylation is 1. The maximum absolute atomic E-state index is 12.9. The molecule has 1 aromatic carbocycles. The summed E-state index contributed by atoms with van der Waals surface area (Å²) >= 11 is 1.20. The standard InChI is InChI=1S/C20H21F3N2O5S/c1-3-13-9-14(17(27)11-5-7-12(8-6-11)30-20(21,22)23)18(31-13)25-16(26)10-24-15(4-2)19(28)29/h5-9,15,24H,3-4,10H2,1-2H3,(H,25,26)(H,28,29)/t15-/m0/s1. The number of halogens is 3. The fourth-order valence-corrected chi connectivity index (χ4v) is 3.64. The Balaban J connectivity index is 2.16. The van der Waals surface area contributed by atoms with Gasteiger partial charge in [-0.25, -0.2) is 0 Å². The first-order valence-corrected chi connectivity index (χ1v) is 10.1. The minimum Gasteiger partial charge on any atom is -0.480 e. The van der Waals surface area contributed by atoms with E-state index in [1.54, 1.807) is 13.0 Å². The predicted octanol–water partition coefficient (Wildman–Crippen LogP) is 3.83. The molecule has 0 aliphatic carbocycles. The van der Waals surface area contributed by atoms with Gasteiger partial charge in [-0.2, -0.15) is 0 Å². The van der Waals surface area contributed by atoms with Crippen LogP contribution in [-0.2, 0) is 16.0 Å². The van der Waals surface area contributed by atoms with Crippen molar-refractivity contribution in [1.82, 2.24) is 5.32 Å². The molecule has 1 heterocycles. The number of amides is 1. The average Bonchev–Trinajstić information content (AvgIpc) is 3.09. The highest BCUT2D eigenvalue weighted by atomic mass is 32.1. The molecule has 0 radical (unpaired) electrons. The van der Waals surface area contributed by atoms with Crippen LogP contribution in [0.25, 0.3) is 0 Å². The van der Waals surface area contributed by atoms with Gasteiger partial charge in [-0.3, -0.25) is 19.7 Å². The number of benzene rings is 1. The zero-order valence-electron chi connectivity index (χ0n) is 16.7. The van der Waals surface area contributed by atoms with Crippen LogP contribution in [0, 0.1) is 0 Å². The van der Waals surface area contributed by atoms with Crippen LogP contribution in [-0.4, -0.2) is 41.7 Å². The summed E-state index contributed by atoms with van der Waals surface area (Å²) in [7, 11) is 0. The van der Waals surface area contributed by atoms with Crippen molar-refractivity contribution in [1.29, 1.82) is 0 Å². The summed E-state index contributed by atoms with van der Waals surface area (Å²) in [6, 6.07) is 5.22. The van der Waals surface area contributed by atoms with E-state index in [4.69, 9.17) is 5.11 Å². The Kier molecular flexibility index (Phi) is 8.17. The molecule has 0 bridgehead atoms. The minimum absolute atomic E-state index is 0.125. The van der Waals surface area contributed by atoms with E-state index in [1.165, 1.54) is 23.5 Å². The van der Waals surface area contributed by atoms with E-state index < -0.39 is 35.8 Å². The summed E-state index contributed by atoms with van der Waals surface area (Å²) in [4.78, 5) is 37.0. The van der Waals surface area contributed by atoms with E-state index in [0.29, 0.717) is 12.8 Å². The number of carbonyl (C=O) groups is 3. The Morgan fingerprint density at radius 1 is 1.16 bits per heavy atom. The molecule has 2 aromatic rings. The Hall–Kier alpha value is -2.92. The molecular weight excluding hydrogens is 437 g/mol. The van der Waals surface area contributed by atoms with Crippen molar-refractivity contribution < 1.29 is 37.4 Å². The minimum atomic E-state index is -4.84. The monoisotopic (exact) mass is 458 g/mol. The zero-order valence-corrected chi connectivity index (χ0v) is 17.5. The van der Waals surface area contributed by atoms with E-state index in [-0.39, 0.29) is 22.7 Å². The number of ether oxygens (including phenoxy) is 1. The second-order valence-electron chi connectivity index (χ2n) is 6.44. The maximum Gasteiger partial charge on any atom is 0.573 e. The molecule has 1 atom stereocenters. The summed E-state index contributed by atoms with van der Waals surface area (Å²) in [6.45, 7) is 3.27. The fourth-order valence-electron chi connectivity index (χ4n) is 2.63. The molecule has 0 saturated heterocycles. The van der Waals surface area contributed by atoms with Crippen LogP contribution in [0.15, 0.2) is 30.3 Å². The Labute approximate surface area is 180 Å². The average molecular weight is 458 g/mol. The maximum atomic E-state index is 12.9. The van der Waals surface area contributed by atoms with Gasteiger partial charge >= 0.3 is 12.3 Å². The van der Waals surface area contributed by atoms with Gasteiger partial charge in [0.2, 0.25) is 5.91 Å². The normalized spacial score (nSPS) is 12.3. The highest BCUT2D eigenvalue weighted by molar-refractivity contribution is 7.16. The number of rotatable bonds is 10. The lowest BCUT2D eigenvalue weighted by atomic mass is 10.0. The Morgan fingerprint density at radius 2 is 1.81 bits per heavy atom. The second-order valence-corrected chi connectivity index (χ2v) is 7.58. The van der Waals surface area contributed by atoms with Gasteiger partial charge in [-0.05, 0) is 43.2 Å². The topological polar surface area (TPSA) is 105 Å². The van der Waals surface area contributed by atoms with Crippen molar-refractivity contribution in [3.8, 4) is 5.75 Å². The molecule has 0 unspecified atom stereocenters. The molecule has 1 aromatic heterocycles. The van der Waals surface area contributed by atoms with Crippen molar-refractivity contribution in [2.75, 3.05) is 11.9 Å². The zero-order chi connectivity index (χ0) is 23.2. The fraction of sp³-hybridized carbons (Fsp3) is 0.350. The molecule has 0 aliphatic rings. The molecule has 7 nitrogen and oxygen atoms in total. The molecule has 11 heteroatoms. The summed E-state index contributed by atoms with van der Waals surface area (Å²) in [5, 5.41) is 14.5. The van der Waals surface area contributed by atoms with Crippen LogP contribution in [0.3, 0.4) is 0 Å². The van der Waals surface area contributed by atoms with Crippen LogP contribution in [0.5, 0.6) is 5.75 Å². The van der Waals surface area contributed by atoms with E-state index in [2.05, 4.69) is 15.4 Å². The SMILES string of the molecule is CCc1cc(C(=O)c2ccc(OC(F)(F)F)cc2)c(NC(=O)CN[C@@H](CC)C(=O)O)s1. The smallest absolute Gasteiger partial charge is 0.480 e. The number of carboxylic acids is 1. The number of nitrogens with one attached hydrogen (secondary N) is 2. The first-order valence-electron chi connectivity index (χ1n) is 9.33. The first-order chi connectivity index (χ1) is 14.5. The molecule has 0 fully saturated rings. The van der Waals surface area contributed by atoms with E-state index in [9.17, 15) is 27.6 Å². The summed E-state index contributed by atoms with van der Waals surface area (Å²) in [5.41, 5.74) is 0.325. The lowest BCUT2D eigenvalue weighted by molar-refractivity contribution is -0.274. The number of carboxylic acid groups (broad SMARTS) is 1. The largest absolute Gasteiger partial charge is 0.573 e. The lowest BCUT2D eigenvalue weighted by Gasteiger charge is -2.12. The van der Waals surface area contributed by atoms with Crippen molar-refractivity contribution in [2.24, 2.45) is 0 Å². The predicted molar refractivity (Wildman–Crippen MR) is 109 cm³/mol. The third kappa shape index (κ3) is 7.07. The number of carbonyl (C=O) groups excluding carboxylic acids is 2. The van der Waals surface area contributed by atoms with Gasteiger partial charge in [0, 0.05) is 10.4 Å². The number of hydrogen-bond donors (Lipinski definition) is 3. The number of ketones is 1. The highest BCUT2D eigenvalue weighted by Gasteiger charge is 2.31. The highest BCUT2D eigenvalue weighted by Crippen LogP contribution is 2.31.